The molecule has 0 unspecified atom stereocenters. The van der Waals surface area contributed by atoms with Crippen molar-refractivity contribution in [3.8, 4) is 17.1 Å². The number of rotatable bonds is 2. The Bertz CT molecular complexity index is 2390. The number of fused-ring (bicyclic) bond motifs is 10. The molecule has 9 rings (SSSR count). The zero-order chi connectivity index (χ0) is 25.5. The number of hydrogen-bond donors (Lipinski definition) is 0. The van der Waals surface area contributed by atoms with Crippen LogP contribution in [-0.2, 0) is 0 Å². The van der Waals surface area contributed by atoms with Crippen molar-refractivity contribution in [2.75, 3.05) is 0 Å². The smallest absolute Gasteiger partial charge is 0.307 e. The molecule has 0 atom stereocenters. The molecule has 9 aromatic rings. The summed E-state index contributed by atoms with van der Waals surface area (Å²) in [6, 6.07) is 42.4. The van der Waals surface area contributed by atoms with E-state index in [1.807, 2.05) is 36.4 Å². The quantitative estimate of drug-likeness (QED) is 0.237. The molecular weight excluding hydrogens is 480 g/mol. The molecule has 3 aromatic heterocycles. The molecule has 0 saturated carbocycles. The van der Waals surface area contributed by atoms with Gasteiger partial charge in [0.2, 0.25) is 0 Å². The Labute approximate surface area is 222 Å². The van der Waals surface area contributed by atoms with E-state index in [1.165, 1.54) is 21.5 Å². The highest BCUT2D eigenvalue weighted by Gasteiger charge is 2.23. The number of benzene rings is 6. The van der Waals surface area contributed by atoms with E-state index in [0.717, 1.165) is 55.2 Å². The van der Waals surface area contributed by atoms with Crippen molar-refractivity contribution >= 4 is 65.6 Å². The molecule has 0 aliphatic heterocycles. The maximum Gasteiger partial charge on any atom is 0.307 e. The van der Waals surface area contributed by atoms with Crippen molar-refractivity contribution in [3.05, 3.63) is 121 Å². The maximum absolute atomic E-state index is 6.64. The fraction of sp³-hybridized carbons (Fsp3) is 0. The van der Waals surface area contributed by atoms with E-state index in [9.17, 15) is 0 Å². The molecule has 0 saturated heterocycles. The van der Waals surface area contributed by atoms with Gasteiger partial charge in [-0.3, -0.25) is 4.57 Å². The summed E-state index contributed by atoms with van der Waals surface area (Å²) in [6.45, 7) is 0. The molecular formula is C35H20N2O2. The first kappa shape index (κ1) is 20.7. The second-order valence-corrected chi connectivity index (χ2v) is 9.97. The number of hydrogen-bond acceptors (Lipinski definition) is 3. The summed E-state index contributed by atoms with van der Waals surface area (Å²) in [5.74, 6) is 0. The van der Waals surface area contributed by atoms with Crippen molar-refractivity contribution in [3.63, 3.8) is 0 Å². The van der Waals surface area contributed by atoms with E-state index in [2.05, 4.69) is 89.5 Å². The standard InChI is InChI=1S/C35H20N2O2/c1-2-10-21(11-3-1)26-20-30-33(32-25-15-7-9-17-29(25)38-34(26)32)36-35(39-30)37-27-16-8-6-14-24(27)31-23-13-5-4-12-22(23)18-19-28(31)37/h1-20H. The van der Waals surface area contributed by atoms with Gasteiger partial charge in [0.25, 0.3) is 0 Å². The summed E-state index contributed by atoms with van der Waals surface area (Å²) < 4.78 is 15.2. The van der Waals surface area contributed by atoms with E-state index in [0.29, 0.717) is 6.01 Å². The van der Waals surface area contributed by atoms with Gasteiger partial charge in [-0.15, -0.1) is 0 Å². The fourth-order valence-electron chi connectivity index (χ4n) is 6.14. The second kappa shape index (κ2) is 7.59. The van der Waals surface area contributed by atoms with Gasteiger partial charge in [0.15, 0.2) is 5.58 Å². The SMILES string of the molecule is c1ccc(-c2cc3oc(-n4c5ccccc5c5c6ccccc6ccc54)nc3c3c2oc2ccccc23)cc1. The molecule has 182 valence electrons. The molecule has 3 heterocycles. The molecule has 39 heavy (non-hydrogen) atoms. The Balaban J connectivity index is 1.43. The molecule has 4 nitrogen and oxygen atoms in total. The lowest BCUT2D eigenvalue weighted by atomic mass is 10.0. The zero-order valence-corrected chi connectivity index (χ0v) is 20.8. The monoisotopic (exact) mass is 500 g/mol. The molecule has 0 bridgehead atoms. The van der Waals surface area contributed by atoms with Crippen LogP contribution in [0.1, 0.15) is 0 Å². The Morgan fingerprint density at radius 3 is 2.18 bits per heavy atom. The normalized spacial score (nSPS) is 12.1. The molecule has 4 heteroatoms. The predicted octanol–water partition coefficient (Wildman–Crippen LogP) is 9.64. The lowest BCUT2D eigenvalue weighted by Crippen LogP contribution is -1.93. The van der Waals surface area contributed by atoms with Crippen molar-refractivity contribution in [2.45, 2.75) is 0 Å². The van der Waals surface area contributed by atoms with Crippen LogP contribution in [0.3, 0.4) is 0 Å². The van der Waals surface area contributed by atoms with Crippen molar-refractivity contribution in [1.82, 2.24) is 9.55 Å². The van der Waals surface area contributed by atoms with Crippen molar-refractivity contribution in [1.29, 1.82) is 0 Å². The van der Waals surface area contributed by atoms with Crippen molar-refractivity contribution < 1.29 is 8.83 Å². The van der Waals surface area contributed by atoms with Gasteiger partial charge in [-0.2, -0.15) is 4.98 Å². The lowest BCUT2D eigenvalue weighted by molar-refractivity contribution is 0.574. The van der Waals surface area contributed by atoms with Gasteiger partial charge in [0.05, 0.1) is 16.4 Å². The lowest BCUT2D eigenvalue weighted by Gasteiger charge is -2.03. The molecule has 6 aromatic carbocycles. The maximum atomic E-state index is 6.64. The van der Waals surface area contributed by atoms with Gasteiger partial charge >= 0.3 is 6.01 Å². The molecule has 0 fully saturated rings. The molecule has 0 aliphatic rings. The van der Waals surface area contributed by atoms with Crippen LogP contribution in [0, 0.1) is 0 Å². The Morgan fingerprint density at radius 1 is 0.538 bits per heavy atom. The highest BCUT2D eigenvalue weighted by Crippen LogP contribution is 2.42. The van der Waals surface area contributed by atoms with Gasteiger partial charge in [-0.1, -0.05) is 97.1 Å². The largest absolute Gasteiger partial charge is 0.455 e. The third-order valence-corrected chi connectivity index (χ3v) is 7.83. The summed E-state index contributed by atoms with van der Waals surface area (Å²) in [4.78, 5) is 5.16. The van der Waals surface area contributed by atoms with E-state index in [4.69, 9.17) is 13.8 Å². The number of oxazole rings is 1. The Kier molecular flexibility index (Phi) is 4.02. The zero-order valence-electron chi connectivity index (χ0n) is 20.8. The number of aromatic nitrogens is 2. The third-order valence-electron chi connectivity index (χ3n) is 7.83. The van der Waals surface area contributed by atoms with Crippen LogP contribution >= 0.6 is 0 Å². The Hall–Kier alpha value is -5.35. The van der Waals surface area contributed by atoms with E-state index < -0.39 is 0 Å². The highest BCUT2D eigenvalue weighted by molar-refractivity contribution is 6.22. The van der Waals surface area contributed by atoms with Gasteiger partial charge in [-0.25, -0.2) is 0 Å². The predicted molar refractivity (Wildman–Crippen MR) is 159 cm³/mol. The minimum Gasteiger partial charge on any atom is -0.455 e. The first-order valence-corrected chi connectivity index (χ1v) is 13.1. The first-order chi connectivity index (χ1) is 19.3. The molecule has 0 spiro atoms. The van der Waals surface area contributed by atoms with Gasteiger partial charge in [-0.05, 0) is 40.6 Å². The van der Waals surface area contributed by atoms with Crippen LogP contribution in [0.15, 0.2) is 130 Å². The summed E-state index contributed by atoms with van der Waals surface area (Å²) >= 11 is 0. The van der Waals surface area contributed by atoms with Crippen LogP contribution in [0.5, 0.6) is 0 Å². The second-order valence-electron chi connectivity index (χ2n) is 9.97. The molecule has 0 amide bonds. The average molecular weight is 501 g/mol. The molecule has 0 radical (unpaired) electrons. The summed E-state index contributed by atoms with van der Waals surface area (Å²) in [6.07, 6.45) is 0. The minimum absolute atomic E-state index is 0.545. The summed E-state index contributed by atoms with van der Waals surface area (Å²) in [5.41, 5.74) is 7.39. The van der Waals surface area contributed by atoms with Crippen LogP contribution in [0.4, 0.5) is 0 Å². The topological polar surface area (TPSA) is 44.1 Å². The average Bonchev–Trinajstić information content (AvgIpc) is 3.68. The van der Waals surface area contributed by atoms with Crippen molar-refractivity contribution in [2.24, 2.45) is 0 Å². The van der Waals surface area contributed by atoms with Gasteiger partial charge in [0, 0.05) is 21.7 Å². The van der Waals surface area contributed by atoms with Crippen LogP contribution in [0.25, 0.3) is 82.8 Å². The number of nitrogens with zero attached hydrogens (tertiary/aromatic N) is 2. The van der Waals surface area contributed by atoms with Crippen LogP contribution in [0.2, 0.25) is 0 Å². The number of furan rings is 1. The van der Waals surface area contributed by atoms with Gasteiger partial charge < -0.3 is 8.83 Å². The first-order valence-electron chi connectivity index (χ1n) is 13.1. The minimum atomic E-state index is 0.545. The van der Waals surface area contributed by atoms with Crippen LogP contribution in [-0.4, -0.2) is 9.55 Å². The summed E-state index contributed by atoms with van der Waals surface area (Å²) in [5, 5.41) is 6.82. The molecule has 0 aliphatic carbocycles. The van der Waals surface area contributed by atoms with E-state index in [-0.39, 0.29) is 0 Å². The van der Waals surface area contributed by atoms with Gasteiger partial charge in [0.1, 0.15) is 16.7 Å². The van der Waals surface area contributed by atoms with E-state index in [1.54, 1.807) is 0 Å². The number of para-hydroxylation sites is 2. The van der Waals surface area contributed by atoms with Crippen LogP contribution < -0.4 is 0 Å². The molecule has 0 N–H and O–H groups in total. The van der Waals surface area contributed by atoms with E-state index >= 15 is 0 Å². The third kappa shape index (κ3) is 2.80. The highest BCUT2D eigenvalue weighted by atomic mass is 16.4. The Morgan fingerprint density at radius 2 is 1.28 bits per heavy atom. The fourth-order valence-corrected chi connectivity index (χ4v) is 6.14. The summed E-state index contributed by atoms with van der Waals surface area (Å²) in [7, 11) is 0.